The molecule has 3 N–H and O–H groups in total. The lowest BCUT2D eigenvalue weighted by Gasteiger charge is -2.08. The van der Waals surface area contributed by atoms with Crippen molar-refractivity contribution < 1.29 is 19.5 Å². The van der Waals surface area contributed by atoms with Gasteiger partial charge in [0.25, 0.3) is 5.91 Å². The van der Waals surface area contributed by atoms with E-state index in [9.17, 15) is 19.5 Å². The fraction of sp³-hybridized carbons (Fsp3) is 0.100. The minimum absolute atomic E-state index is 0.0568. The number of carboxylic acid groups (broad SMARTS) is 1. The van der Waals surface area contributed by atoms with Crippen molar-refractivity contribution in [2.75, 3.05) is 16.4 Å². The number of nitrogens with one attached hydrogen (secondary N) is 2. The summed E-state index contributed by atoms with van der Waals surface area (Å²) in [5.74, 6) is -1.57. The van der Waals surface area contributed by atoms with Crippen LogP contribution in [0, 0.1) is 6.92 Å². The Bertz CT molecular complexity index is 1050. The zero-order chi connectivity index (χ0) is 20.8. The molecule has 0 aliphatic carbocycles. The zero-order valence-corrected chi connectivity index (χ0v) is 17.0. The fourth-order valence-electron chi connectivity index (χ4n) is 2.42. The van der Waals surface area contributed by atoms with E-state index in [2.05, 4.69) is 15.6 Å². The van der Waals surface area contributed by atoms with Crippen LogP contribution in [0.2, 0.25) is 0 Å². The minimum atomic E-state index is -1.16. The van der Waals surface area contributed by atoms with Crippen LogP contribution < -0.4 is 10.6 Å². The van der Waals surface area contributed by atoms with E-state index in [1.54, 1.807) is 36.4 Å². The summed E-state index contributed by atoms with van der Waals surface area (Å²) in [6, 6.07) is 13.0. The molecule has 148 valence electrons. The lowest BCUT2D eigenvalue weighted by Crippen LogP contribution is -2.16. The van der Waals surface area contributed by atoms with Crippen molar-refractivity contribution in [3.05, 3.63) is 70.7 Å². The molecule has 2 aromatic carbocycles. The number of thioether (sulfide) groups is 1. The van der Waals surface area contributed by atoms with Gasteiger partial charge in [-0.05, 0) is 43.3 Å². The van der Waals surface area contributed by atoms with Crippen LogP contribution in [0.25, 0.3) is 0 Å². The zero-order valence-electron chi connectivity index (χ0n) is 15.3. The predicted molar refractivity (Wildman–Crippen MR) is 114 cm³/mol. The number of anilines is 2. The Labute approximate surface area is 175 Å². The van der Waals surface area contributed by atoms with Gasteiger partial charge in [0.15, 0.2) is 5.13 Å². The van der Waals surface area contributed by atoms with E-state index in [0.717, 1.165) is 10.6 Å². The topological polar surface area (TPSA) is 108 Å². The molecule has 0 aliphatic heterocycles. The van der Waals surface area contributed by atoms with Gasteiger partial charge in [0.05, 0.1) is 22.6 Å². The second kappa shape index (κ2) is 9.35. The Balaban J connectivity index is 1.55. The van der Waals surface area contributed by atoms with E-state index in [-0.39, 0.29) is 22.8 Å². The molecule has 29 heavy (non-hydrogen) atoms. The summed E-state index contributed by atoms with van der Waals surface area (Å²) < 4.78 is 0. The molecular weight excluding hydrogens is 410 g/mol. The summed E-state index contributed by atoms with van der Waals surface area (Å²) in [5, 5.41) is 17.1. The highest BCUT2D eigenvalue weighted by Gasteiger charge is 2.15. The van der Waals surface area contributed by atoms with Gasteiger partial charge in [-0.1, -0.05) is 12.1 Å². The largest absolute Gasteiger partial charge is 0.478 e. The van der Waals surface area contributed by atoms with Gasteiger partial charge in [-0.25, -0.2) is 9.78 Å². The van der Waals surface area contributed by atoms with E-state index in [1.807, 2.05) is 12.3 Å². The minimum Gasteiger partial charge on any atom is -0.478 e. The lowest BCUT2D eigenvalue weighted by molar-refractivity contribution is -0.113. The number of carboxylic acids is 1. The Morgan fingerprint density at radius 1 is 1.03 bits per heavy atom. The quantitative estimate of drug-likeness (QED) is 0.489. The molecule has 0 spiro atoms. The highest BCUT2D eigenvalue weighted by molar-refractivity contribution is 8.00. The van der Waals surface area contributed by atoms with Crippen molar-refractivity contribution in [2.24, 2.45) is 0 Å². The van der Waals surface area contributed by atoms with Gasteiger partial charge in [0.1, 0.15) is 0 Å². The summed E-state index contributed by atoms with van der Waals surface area (Å²) in [4.78, 5) is 40.7. The molecule has 0 unspecified atom stereocenters. The maximum Gasteiger partial charge on any atom is 0.336 e. The van der Waals surface area contributed by atoms with Gasteiger partial charge in [0.2, 0.25) is 5.91 Å². The molecule has 0 fully saturated rings. The number of hydrogen-bond donors (Lipinski definition) is 3. The van der Waals surface area contributed by atoms with E-state index in [0.29, 0.717) is 10.8 Å². The van der Waals surface area contributed by atoms with Crippen LogP contribution in [0.3, 0.4) is 0 Å². The van der Waals surface area contributed by atoms with Crippen molar-refractivity contribution in [1.29, 1.82) is 0 Å². The molecule has 0 aliphatic rings. The SMILES string of the molecule is Cc1csc(NC(=O)CSc2ccc(NC(=O)c3ccccc3C(=O)O)cc2)n1. The first kappa shape index (κ1) is 20.6. The van der Waals surface area contributed by atoms with Gasteiger partial charge in [-0.3, -0.25) is 9.59 Å². The summed E-state index contributed by atoms with van der Waals surface area (Å²) >= 11 is 2.74. The normalized spacial score (nSPS) is 10.4. The number of aryl methyl sites for hydroxylation is 1. The molecule has 3 rings (SSSR count). The number of carbonyl (C=O) groups is 3. The molecule has 0 saturated heterocycles. The average Bonchev–Trinajstić information content (AvgIpc) is 3.12. The van der Waals surface area contributed by atoms with Crippen LogP contribution in [-0.2, 0) is 4.79 Å². The summed E-state index contributed by atoms with van der Waals surface area (Å²) in [6.07, 6.45) is 0. The number of aromatic carboxylic acids is 1. The van der Waals surface area contributed by atoms with Crippen molar-refractivity contribution in [1.82, 2.24) is 4.98 Å². The number of rotatable bonds is 7. The van der Waals surface area contributed by atoms with E-state index >= 15 is 0 Å². The second-order valence-corrected chi connectivity index (χ2v) is 7.87. The molecule has 9 heteroatoms. The molecule has 7 nitrogen and oxygen atoms in total. The predicted octanol–water partition coefficient (Wildman–Crippen LogP) is 4.13. The van der Waals surface area contributed by atoms with Crippen LogP contribution >= 0.6 is 23.1 Å². The van der Waals surface area contributed by atoms with Gasteiger partial charge in [-0.15, -0.1) is 23.1 Å². The Kier molecular flexibility index (Phi) is 6.63. The maximum absolute atomic E-state index is 12.4. The second-order valence-electron chi connectivity index (χ2n) is 5.96. The molecule has 0 bridgehead atoms. The van der Waals surface area contributed by atoms with Crippen molar-refractivity contribution in [3.8, 4) is 0 Å². The number of benzene rings is 2. The van der Waals surface area contributed by atoms with Gasteiger partial charge < -0.3 is 15.7 Å². The molecule has 3 aromatic rings. The molecule has 0 radical (unpaired) electrons. The highest BCUT2D eigenvalue weighted by Crippen LogP contribution is 2.22. The monoisotopic (exact) mass is 427 g/mol. The first-order valence-corrected chi connectivity index (χ1v) is 10.4. The molecule has 1 heterocycles. The molecular formula is C20H17N3O4S2. The Hall–Kier alpha value is -3.17. The molecule has 2 amide bonds. The lowest BCUT2D eigenvalue weighted by atomic mass is 10.1. The molecule has 0 atom stereocenters. The smallest absolute Gasteiger partial charge is 0.336 e. The van der Waals surface area contributed by atoms with Gasteiger partial charge in [0, 0.05) is 16.0 Å². The standard InChI is InChI=1S/C20H17N3O4S2/c1-12-10-29-20(21-12)23-17(24)11-28-14-8-6-13(7-9-14)22-18(25)15-4-2-3-5-16(15)19(26)27/h2-10H,11H2,1H3,(H,22,25)(H,26,27)(H,21,23,24). The van der Waals surface area contributed by atoms with Crippen LogP contribution in [0.15, 0.2) is 58.8 Å². The van der Waals surface area contributed by atoms with E-state index in [4.69, 9.17) is 0 Å². The van der Waals surface area contributed by atoms with Gasteiger partial charge >= 0.3 is 5.97 Å². The third-order valence-corrected chi connectivity index (χ3v) is 5.64. The number of thiazole rings is 1. The number of nitrogens with zero attached hydrogens (tertiary/aromatic N) is 1. The Morgan fingerprint density at radius 2 is 1.72 bits per heavy atom. The molecule has 1 aromatic heterocycles. The first-order valence-electron chi connectivity index (χ1n) is 8.51. The van der Waals surface area contributed by atoms with E-state index in [1.165, 1.54) is 35.2 Å². The number of aromatic nitrogens is 1. The maximum atomic E-state index is 12.4. The van der Waals surface area contributed by atoms with Crippen molar-refractivity contribution in [2.45, 2.75) is 11.8 Å². The van der Waals surface area contributed by atoms with Crippen LogP contribution in [-0.4, -0.2) is 33.6 Å². The number of hydrogen-bond acceptors (Lipinski definition) is 6. The number of amides is 2. The Morgan fingerprint density at radius 3 is 2.34 bits per heavy atom. The van der Waals surface area contributed by atoms with Crippen LogP contribution in [0.5, 0.6) is 0 Å². The number of carbonyl (C=O) groups excluding carboxylic acids is 2. The average molecular weight is 428 g/mol. The summed E-state index contributed by atoms with van der Waals surface area (Å²) in [5.41, 5.74) is 1.43. The first-order chi connectivity index (χ1) is 13.9. The highest BCUT2D eigenvalue weighted by atomic mass is 32.2. The van der Waals surface area contributed by atoms with Crippen molar-refractivity contribution >= 4 is 51.7 Å². The molecule has 0 saturated carbocycles. The van der Waals surface area contributed by atoms with Gasteiger partial charge in [-0.2, -0.15) is 0 Å². The van der Waals surface area contributed by atoms with E-state index < -0.39 is 11.9 Å². The van der Waals surface area contributed by atoms with Crippen LogP contribution in [0.4, 0.5) is 10.8 Å². The third kappa shape index (κ3) is 5.66. The summed E-state index contributed by atoms with van der Waals surface area (Å²) in [6.45, 7) is 1.86. The third-order valence-electron chi connectivity index (χ3n) is 3.75. The fourth-order valence-corrected chi connectivity index (χ4v) is 3.82. The van der Waals surface area contributed by atoms with Crippen LogP contribution in [0.1, 0.15) is 26.4 Å². The van der Waals surface area contributed by atoms with Crippen molar-refractivity contribution in [3.63, 3.8) is 0 Å². The summed E-state index contributed by atoms with van der Waals surface area (Å²) in [7, 11) is 0.